The Morgan fingerprint density at radius 2 is 1.83 bits per heavy atom. The second-order valence-electron chi connectivity index (χ2n) is 8.85. The summed E-state index contributed by atoms with van der Waals surface area (Å²) in [5.74, 6) is -6.52. The van der Waals surface area contributed by atoms with Crippen LogP contribution in [0.2, 0.25) is 5.02 Å². The predicted molar refractivity (Wildman–Crippen MR) is 142 cm³/mol. The maximum atomic E-state index is 14.3. The Kier molecular flexibility index (Phi) is 10.7. The van der Waals surface area contributed by atoms with E-state index in [1.54, 1.807) is 6.92 Å². The first-order chi connectivity index (χ1) is 18.9. The van der Waals surface area contributed by atoms with Gasteiger partial charge in [-0.25, -0.2) is 0 Å². The number of nitrogens with zero attached hydrogens (tertiary/aromatic N) is 2. The van der Waals surface area contributed by atoms with Crippen LogP contribution in [0, 0.1) is 11.3 Å². The van der Waals surface area contributed by atoms with E-state index in [4.69, 9.17) is 11.6 Å². The molecule has 15 heteroatoms. The number of nitriles is 1. The lowest BCUT2D eigenvalue weighted by Gasteiger charge is -2.28. The minimum absolute atomic E-state index is 0.00377. The van der Waals surface area contributed by atoms with E-state index < -0.39 is 51.5 Å². The number of nitrogens with one attached hydrogen (secondary N) is 2. The summed E-state index contributed by atoms with van der Waals surface area (Å²) >= 11 is 6.61. The maximum absolute atomic E-state index is 14.3. The Hall–Kier alpha value is -3.05. The molecule has 2 N–H and O–H groups in total. The third-order valence-electron chi connectivity index (χ3n) is 5.81. The van der Waals surface area contributed by atoms with Gasteiger partial charge in [0.2, 0.25) is 0 Å². The molecule has 0 aromatic heterocycles. The summed E-state index contributed by atoms with van der Waals surface area (Å²) in [6.07, 6.45) is -10.8. The number of halogens is 9. The summed E-state index contributed by atoms with van der Waals surface area (Å²) in [7, 11) is 1.25. The molecule has 0 unspecified atom stereocenters. The van der Waals surface area contributed by atoms with E-state index in [0.29, 0.717) is 31.5 Å². The summed E-state index contributed by atoms with van der Waals surface area (Å²) in [5.41, 5.74) is -6.54. The molecule has 0 saturated heterocycles. The number of rotatable bonds is 10. The van der Waals surface area contributed by atoms with Crippen molar-refractivity contribution >= 4 is 34.3 Å². The molecule has 0 aliphatic heterocycles. The average molecular weight is 629 g/mol. The van der Waals surface area contributed by atoms with E-state index in [-0.39, 0.29) is 40.2 Å². The van der Waals surface area contributed by atoms with Gasteiger partial charge >= 0.3 is 18.3 Å². The van der Waals surface area contributed by atoms with E-state index in [1.807, 2.05) is 6.07 Å². The minimum atomic E-state index is -6.31. The standard InChI is InChI=1S/C26H25ClF8N4OS/c1-5-11-38-20(19(25(30,31)32)17(6-2)24(28,29)26(33,34)35)14(3)41-22(37-4)15-7-8-18(27)16(12-15)21(40)39-23(13-36)9-10-23/h6-8,12,38H,3,5,9-11H2,1-2,4H3,(H,39,40)/b17-6+,20-19+,37-22?. The number of hydrogen-bond acceptors (Lipinski definition) is 5. The summed E-state index contributed by atoms with van der Waals surface area (Å²) in [6, 6.07) is 5.93. The molecule has 0 spiro atoms. The summed E-state index contributed by atoms with van der Waals surface area (Å²) in [4.78, 5) is 16.2. The van der Waals surface area contributed by atoms with Crippen LogP contribution in [0.5, 0.6) is 0 Å². The molecule has 1 aliphatic rings. The molecule has 41 heavy (non-hydrogen) atoms. The summed E-state index contributed by atoms with van der Waals surface area (Å²) < 4.78 is 111. The number of alkyl halides is 8. The Balaban J connectivity index is 2.60. The minimum Gasteiger partial charge on any atom is -0.384 e. The van der Waals surface area contributed by atoms with Gasteiger partial charge in [0.05, 0.1) is 27.9 Å². The SMILES string of the molecule is C=C(SC(=NC)c1ccc(Cl)c(C(=O)NC2(C#N)CC2)c1)/C(NCCC)=C(/C(=C\C)C(F)(F)C(F)(F)F)C(F)(F)F. The van der Waals surface area contributed by atoms with Crippen LogP contribution in [0.1, 0.15) is 49.0 Å². The van der Waals surface area contributed by atoms with Gasteiger partial charge in [-0.05, 0) is 38.3 Å². The van der Waals surface area contributed by atoms with Crippen molar-refractivity contribution in [3.8, 4) is 6.07 Å². The first kappa shape index (κ1) is 34.2. The molecule has 0 radical (unpaired) electrons. The molecule has 1 aliphatic carbocycles. The zero-order valence-electron chi connectivity index (χ0n) is 22.0. The van der Waals surface area contributed by atoms with Gasteiger partial charge in [-0.15, -0.1) is 0 Å². The highest BCUT2D eigenvalue weighted by molar-refractivity contribution is 8.17. The first-order valence-corrected chi connectivity index (χ1v) is 13.1. The predicted octanol–water partition coefficient (Wildman–Crippen LogP) is 7.71. The third-order valence-corrected chi connectivity index (χ3v) is 7.21. The lowest BCUT2D eigenvalue weighted by molar-refractivity contribution is -0.265. The Bertz CT molecular complexity index is 1320. The molecule has 1 saturated carbocycles. The second kappa shape index (κ2) is 12.9. The third kappa shape index (κ3) is 7.82. The largest absolute Gasteiger partial charge is 0.458 e. The van der Waals surface area contributed by atoms with Crippen molar-refractivity contribution in [3.63, 3.8) is 0 Å². The van der Waals surface area contributed by atoms with Crippen molar-refractivity contribution < 1.29 is 39.9 Å². The summed E-state index contributed by atoms with van der Waals surface area (Å²) in [6.45, 7) is 5.50. The van der Waals surface area contributed by atoms with Crippen molar-refractivity contribution in [2.45, 2.75) is 56.9 Å². The fourth-order valence-corrected chi connectivity index (χ4v) is 4.60. The highest BCUT2D eigenvalue weighted by Gasteiger charge is 2.63. The van der Waals surface area contributed by atoms with Crippen LogP contribution in [0.4, 0.5) is 35.1 Å². The van der Waals surface area contributed by atoms with Crippen molar-refractivity contribution in [2.75, 3.05) is 13.6 Å². The smallest absolute Gasteiger partial charge is 0.384 e. The van der Waals surface area contributed by atoms with Gasteiger partial charge in [0.25, 0.3) is 5.91 Å². The van der Waals surface area contributed by atoms with Crippen LogP contribution in [-0.2, 0) is 0 Å². The van der Waals surface area contributed by atoms with Gasteiger partial charge in [-0.2, -0.15) is 40.4 Å². The van der Waals surface area contributed by atoms with Crippen LogP contribution in [-0.4, -0.2) is 48.4 Å². The van der Waals surface area contributed by atoms with E-state index in [1.165, 1.54) is 25.2 Å². The molecule has 2 rings (SSSR count). The van der Waals surface area contributed by atoms with Crippen LogP contribution >= 0.6 is 23.4 Å². The molecular weight excluding hydrogens is 604 g/mol. The molecular formula is C26H25ClF8N4OS. The van der Waals surface area contributed by atoms with Crippen molar-refractivity contribution in [1.29, 1.82) is 5.26 Å². The number of allylic oxidation sites excluding steroid dienone is 3. The quantitative estimate of drug-likeness (QED) is 0.120. The monoisotopic (exact) mass is 628 g/mol. The normalized spacial score (nSPS) is 16.5. The number of carbonyl (C=O) groups is 1. The van der Waals surface area contributed by atoms with Gasteiger partial charge in [0.15, 0.2) is 0 Å². The Morgan fingerprint density at radius 3 is 2.27 bits per heavy atom. The first-order valence-electron chi connectivity index (χ1n) is 11.9. The van der Waals surface area contributed by atoms with Crippen LogP contribution in [0.25, 0.3) is 0 Å². The average Bonchev–Trinajstić information content (AvgIpc) is 3.65. The fraction of sp³-hybridized carbons (Fsp3) is 0.423. The molecule has 1 aromatic rings. The highest BCUT2D eigenvalue weighted by atomic mass is 35.5. The lowest BCUT2D eigenvalue weighted by atomic mass is 9.95. The van der Waals surface area contributed by atoms with Crippen LogP contribution < -0.4 is 10.6 Å². The topological polar surface area (TPSA) is 77.3 Å². The van der Waals surface area contributed by atoms with E-state index >= 15 is 0 Å². The van der Waals surface area contributed by atoms with Crippen molar-refractivity contribution in [2.24, 2.45) is 4.99 Å². The molecule has 224 valence electrons. The van der Waals surface area contributed by atoms with Gasteiger partial charge < -0.3 is 10.6 Å². The van der Waals surface area contributed by atoms with Gasteiger partial charge in [-0.3, -0.25) is 9.79 Å². The molecule has 0 atom stereocenters. The fourth-order valence-electron chi connectivity index (χ4n) is 3.55. The highest BCUT2D eigenvalue weighted by Crippen LogP contribution is 2.49. The van der Waals surface area contributed by atoms with Gasteiger partial charge in [-0.1, -0.05) is 49.0 Å². The molecule has 0 heterocycles. The maximum Gasteiger partial charge on any atom is 0.458 e. The Labute approximate surface area is 240 Å². The second-order valence-corrected chi connectivity index (χ2v) is 10.3. The number of amides is 1. The van der Waals surface area contributed by atoms with Crippen LogP contribution in [0.15, 0.2) is 57.6 Å². The number of hydrogen-bond donors (Lipinski definition) is 2. The summed E-state index contributed by atoms with van der Waals surface area (Å²) in [5, 5.41) is 14.0. The van der Waals surface area contributed by atoms with E-state index in [2.05, 4.69) is 22.2 Å². The van der Waals surface area contributed by atoms with Gasteiger partial charge in [0.1, 0.15) is 10.6 Å². The Morgan fingerprint density at radius 1 is 1.22 bits per heavy atom. The van der Waals surface area contributed by atoms with E-state index in [0.717, 1.165) is 0 Å². The number of aliphatic imine (C=N–C) groups is 1. The van der Waals surface area contributed by atoms with Crippen LogP contribution in [0.3, 0.4) is 0 Å². The molecule has 5 nitrogen and oxygen atoms in total. The number of thioether (sulfide) groups is 1. The number of benzene rings is 1. The van der Waals surface area contributed by atoms with E-state index in [9.17, 15) is 45.2 Å². The van der Waals surface area contributed by atoms with Crippen molar-refractivity contribution in [3.05, 3.63) is 68.8 Å². The number of carbonyl (C=O) groups excluding carboxylic acids is 1. The zero-order valence-corrected chi connectivity index (χ0v) is 23.5. The van der Waals surface area contributed by atoms with Gasteiger partial charge in [0, 0.05) is 29.6 Å². The molecule has 0 bridgehead atoms. The lowest BCUT2D eigenvalue weighted by Crippen LogP contribution is -2.42. The zero-order chi connectivity index (χ0) is 31.4. The molecule has 1 amide bonds. The molecule has 1 fully saturated rings. The molecule has 1 aromatic carbocycles. The van der Waals surface area contributed by atoms with Crippen molar-refractivity contribution in [1.82, 2.24) is 10.6 Å².